The summed E-state index contributed by atoms with van der Waals surface area (Å²) in [6.45, 7) is 1.86. The van der Waals surface area contributed by atoms with Crippen LogP contribution < -0.4 is 34.3 Å². The van der Waals surface area contributed by atoms with Crippen molar-refractivity contribution in [1.82, 2.24) is 4.72 Å². The minimum absolute atomic E-state index is 0. The minimum Gasteiger partial charge on any atom is -0.870 e. The first-order valence-corrected chi connectivity index (χ1v) is 6.21. The van der Waals surface area contributed by atoms with Crippen molar-refractivity contribution in [3.63, 3.8) is 0 Å². The van der Waals surface area contributed by atoms with E-state index in [1.54, 1.807) is 6.92 Å². The van der Waals surface area contributed by atoms with Crippen LogP contribution in [0.15, 0.2) is 0 Å². The second-order valence-corrected chi connectivity index (χ2v) is 4.69. The Labute approximate surface area is 114 Å². The van der Waals surface area contributed by atoms with E-state index in [9.17, 15) is 8.42 Å². The van der Waals surface area contributed by atoms with Crippen LogP contribution in [0.4, 0.5) is 0 Å². The van der Waals surface area contributed by atoms with Crippen molar-refractivity contribution < 1.29 is 47.6 Å². The van der Waals surface area contributed by atoms with Gasteiger partial charge in [-0.05, 0) is 19.8 Å². The number of hydrogen-bond donors (Lipinski definition) is 1. The van der Waals surface area contributed by atoms with Crippen molar-refractivity contribution in [1.29, 1.82) is 0 Å². The van der Waals surface area contributed by atoms with E-state index in [0.29, 0.717) is 0 Å². The van der Waals surface area contributed by atoms with Crippen LogP contribution in [0.1, 0.15) is 39.0 Å². The molecule has 0 heterocycles. The molecule has 0 amide bonds. The van der Waals surface area contributed by atoms with Crippen molar-refractivity contribution in [2.24, 2.45) is 0 Å². The maximum Gasteiger partial charge on any atom is 1.00 e. The van der Waals surface area contributed by atoms with Gasteiger partial charge in [-0.1, -0.05) is 19.3 Å². The summed E-state index contributed by atoms with van der Waals surface area (Å²) in [5.74, 6) is 0. The molecule has 0 bridgehead atoms. The zero-order chi connectivity index (χ0) is 9.73. The van der Waals surface area contributed by atoms with Crippen LogP contribution in [0, 0.1) is 0 Å². The summed E-state index contributed by atoms with van der Waals surface area (Å²) in [5.41, 5.74) is 0. The molecule has 1 fully saturated rings. The monoisotopic (exact) mass is 247 g/mol. The van der Waals surface area contributed by atoms with Gasteiger partial charge in [-0.3, -0.25) is 4.18 Å². The largest absolute Gasteiger partial charge is 1.00 e. The van der Waals surface area contributed by atoms with Gasteiger partial charge in [-0.2, -0.15) is 13.1 Å². The molecular weight excluding hydrogens is 229 g/mol. The van der Waals surface area contributed by atoms with E-state index >= 15 is 0 Å². The number of rotatable bonds is 4. The summed E-state index contributed by atoms with van der Waals surface area (Å²) in [6, 6.07) is 0.0882. The molecule has 0 aromatic rings. The second-order valence-electron chi connectivity index (χ2n) is 3.31. The van der Waals surface area contributed by atoms with Crippen molar-refractivity contribution >= 4 is 10.3 Å². The van der Waals surface area contributed by atoms with Gasteiger partial charge in [0.05, 0.1) is 6.61 Å². The van der Waals surface area contributed by atoms with Gasteiger partial charge in [0.25, 0.3) is 0 Å². The van der Waals surface area contributed by atoms with E-state index in [1.807, 2.05) is 0 Å². The topological polar surface area (TPSA) is 85.4 Å². The Morgan fingerprint density at radius 3 is 2.27 bits per heavy atom. The van der Waals surface area contributed by atoms with E-state index < -0.39 is 10.3 Å². The Morgan fingerprint density at radius 2 is 1.80 bits per heavy atom. The van der Waals surface area contributed by atoms with E-state index in [0.717, 1.165) is 25.7 Å². The van der Waals surface area contributed by atoms with Gasteiger partial charge in [-0.25, -0.2) is 0 Å². The molecule has 1 aliphatic rings. The molecule has 1 saturated carbocycles. The zero-order valence-electron chi connectivity index (χ0n) is 9.40. The van der Waals surface area contributed by atoms with Crippen molar-refractivity contribution in [3.05, 3.63) is 0 Å². The first-order chi connectivity index (χ1) is 6.14. The van der Waals surface area contributed by atoms with E-state index in [-0.39, 0.29) is 47.7 Å². The van der Waals surface area contributed by atoms with Gasteiger partial charge in [0, 0.05) is 6.04 Å². The molecule has 0 saturated heterocycles. The minimum atomic E-state index is -3.48. The van der Waals surface area contributed by atoms with E-state index in [1.165, 1.54) is 6.42 Å². The molecule has 0 radical (unpaired) electrons. The summed E-state index contributed by atoms with van der Waals surface area (Å²) in [5, 5.41) is 0. The third kappa shape index (κ3) is 7.68. The summed E-state index contributed by atoms with van der Waals surface area (Å²) >= 11 is 0. The number of hydrogen-bond acceptors (Lipinski definition) is 4. The standard InChI is InChI=1S/C8H17NO3S.Na.H2O/c1-2-12-13(10,11)9-8-6-4-3-5-7-8;;/h8-9H,2-7H2,1H3;;1H2/q;+1;/p-1. The SMILES string of the molecule is CCOS(=O)(=O)NC1CCCCC1.[Na+].[OH-]. The van der Waals surface area contributed by atoms with Gasteiger partial charge >= 0.3 is 39.9 Å². The summed E-state index contributed by atoms with van der Waals surface area (Å²) in [6.07, 6.45) is 5.31. The van der Waals surface area contributed by atoms with Crippen molar-refractivity contribution in [3.8, 4) is 0 Å². The summed E-state index contributed by atoms with van der Waals surface area (Å²) in [7, 11) is -3.48. The first-order valence-electron chi connectivity index (χ1n) is 4.81. The zero-order valence-corrected chi connectivity index (χ0v) is 12.2. The van der Waals surface area contributed by atoms with Crippen LogP contribution in [0.5, 0.6) is 0 Å². The molecule has 0 aliphatic heterocycles. The van der Waals surface area contributed by atoms with Crippen molar-refractivity contribution in [2.45, 2.75) is 45.1 Å². The Kier molecular flexibility index (Phi) is 10.8. The van der Waals surface area contributed by atoms with Crippen molar-refractivity contribution in [2.75, 3.05) is 6.61 Å². The Morgan fingerprint density at radius 1 is 1.27 bits per heavy atom. The molecule has 2 N–H and O–H groups in total. The average Bonchev–Trinajstić information content (AvgIpc) is 2.04. The Bertz CT molecular complexity index is 239. The van der Waals surface area contributed by atoms with E-state index in [4.69, 9.17) is 0 Å². The molecule has 7 heteroatoms. The third-order valence-corrected chi connectivity index (χ3v) is 3.36. The van der Waals surface area contributed by atoms with Crippen LogP contribution in [0.3, 0.4) is 0 Å². The normalized spacial score (nSPS) is 17.7. The first kappa shape index (κ1) is 18.2. The van der Waals surface area contributed by atoms with Crippen LogP contribution in [0.25, 0.3) is 0 Å². The molecule has 0 unspecified atom stereocenters. The molecule has 1 rings (SSSR count). The molecule has 1 aliphatic carbocycles. The van der Waals surface area contributed by atoms with Gasteiger partial charge in [-0.15, -0.1) is 0 Å². The second kappa shape index (κ2) is 8.92. The quantitative estimate of drug-likeness (QED) is 0.583. The van der Waals surface area contributed by atoms with Gasteiger partial charge in [0.1, 0.15) is 0 Å². The molecular formula is C8H18NNaO4S. The molecule has 15 heavy (non-hydrogen) atoms. The third-order valence-electron chi connectivity index (χ3n) is 2.19. The predicted octanol–water partition coefficient (Wildman–Crippen LogP) is -1.98. The van der Waals surface area contributed by atoms with Crippen LogP contribution in [-0.4, -0.2) is 26.5 Å². The Balaban J connectivity index is 0. The fourth-order valence-electron chi connectivity index (χ4n) is 1.61. The van der Waals surface area contributed by atoms with Gasteiger partial charge < -0.3 is 5.48 Å². The molecule has 0 aromatic carbocycles. The predicted molar refractivity (Wildman–Crippen MR) is 52.5 cm³/mol. The summed E-state index contributed by atoms with van der Waals surface area (Å²) in [4.78, 5) is 0. The number of nitrogens with one attached hydrogen (secondary N) is 1. The molecule has 86 valence electrons. The fraction of sp³-hybridized carbons (Fsp3) is 1.00. The fourth-order valence-corrected chi connectivity index (χ4v) is 2.64. The molecule has 0 atom stereocenters. The average molecular weight is 247 g/mol. The van der Waals surface area contributed by atoms with Gasteiger partial charge in [0.15, 0.2) is 0 Å². The van der Waals surface area contributed by atoms with Crippen LogP contribution in [-0.2, 0) is 14.5 Å². The van der Waals surface area contributed by atoms with Crippen LogP contribution >= 0.6 is 0 Å². The molecule has 0 aromatic heterocycles. The maximum absolute atomic E-state index is 11.2. The van der Waals surface area contributed by atoms with Gasteiger partial charge in [0.2, 0.25) is 0 Å². The Hall–Kier alpha value is 0.830. The summed E-state index contributed by atoms with van der Waals surface area (Å²) < 4.78 is 29.5. The smallest absolute Gasteiger partial charge is 0.870 e. The molecule has 5 nitrogen and oxygen atoms in total. The maximum atomic E-state index is 11.2. The molecule has 0 spiro atoms. The van der Waals surface area contributed by atoms with Crippen LogP contribution in [0.2, 0.25) is 0 Å². The van der Waals surface area contributed by atoms with E-state index in [2.05, 4.69) is 8.91 Å².